The molecule has 0 heterocycles. The van der Waals surface area contributed by atoms with Gasteiger partial charge in [0.05, 0.1) is 13.2 Å². The molecule has 104 valence electrons. The Morgan fingerprint density at radius 1 is 1.33 bits per heavy atom. The van der Waals surface area contributed by atoms with Crippen LogP contribution in [-0.2, 0) is 4.84 Å². The Kier molecular flexibility index (Phi) is 8.63. The van der Waals surface area contributed by atoms with Crippen LogP contribution in [0, 0.1) is 5.41 Å². The average Bonchev–Trinajstić information content (AvgIpc) is 2.29. The van der Waals surface area contributed by atoms with Crippen molar-refractivity contribution < 1.29 is 10.0 Å². The number of hydroxylamine groups is 2. The van der Waals surface area contributed by atoms with Crippen LogP contribution < -0.4 is 0 Å². The van der Waals surface area contributed by atoms with Gasteiger partial charge < -0.3 is 0 Å². The molecule has 0 radical (unpaired) electrons. The van der Waals surface area contributed by atoms with Crippen LogP contribution >= 0.6 is 0 Å². The topological polar surface area (TPSA) is 32.7 Å². The zero-order valence-corrected chi connectivity index (χ0v) is 12.1. The van der Waals surface area contributed by atoms with Crippen LogP contribution in [0.15, 0.2) is 36.5 Å². The zero-order chi connectivity index (χ0) is 14.0. The van der Waals surface area contributed by atoms with Gasteiger partial charge in [-0.1, -0.05) is 70.2 Å². The van der Waals surface area contributed by atoms with Crippen molar-refractivity contribution in [1.29, 1.82) is 0 Å². The van der Waals surface area contributed by atoms with Gasteiger partial charge in [-0.05, 0) is 17.4 Å². The molecule has 0 amide bonds. The van der Waals surface area contributed by atoms with Crippen LogP contribution in [0.2, 0.25) is 0 Å². The predicted octanol–water partition coefficient (Wildman–Crippen LogP) is 4.12. The van der Waals surface area contributed by atoms with Gasteiger partial charge in [-0.15, -0.1) is 0 Å². The molecule has 0 aromatic carbocycles. The van der Waals surface area contributed by atoms with Gasteiger partial charge in [-0.3, -0.25) is 10.0 Å². The Bertz CT molecular complexity index is 287. The summed E-state index contributed by atoms with van der Waals surface area (Å²) in [6, 6.07) is 0. The van der Waals surface area contributed by atoms with E-state index in [9.17, 15) is 5.21 Å². The summed E-state index contributed by atoms with van der Waals surface area (Å²) in [5.74, 6) is 0. The molecule has 3 nitrogen and oxygen atoms in total. The second-order valence-corrected chi connectivity index (χ2v) is 5.29. The van der Waals surface area contributed by atoms with E-state index in [2.05, 4.69) is 34.3 Å². The molecule has 0 spiro atoms. The number of hydrogen-bond acceptors (Lipinski definition) is 3. The van der Waals surface area contributed by atoms with Gasteiger partial charge >= 0.3 is 0 Å². The van der Waals surface area contributed by atoms with E-state index in [1.807, 2.05) is 24.3 Å². The molecule has 0 aromatic heterocycles. The molecule has 0 rings (SSSR count). The molecule has 0 fully saturated rings. The van der Waals surface area contributed by atoms with Crippen molar-refractivity contribution in [3.05, 3.63) is 36.5 Å². The number of hydrogen-bond donors (Lipinski definition) is 1. The molecule has 0 aromatic rings. The van der Waals surface area contributed by atoms with Gasteiger partial charge in [0.1, 0.15) is 0 Å². The SMILES string of the molecule is C=C(/C=C\C=C/CON(O)CCCC)C(C)(C)C. The van der Waals surface area contributed by atoms with Gasteiger partial charge in [0.25, 0.3) is 0 Å². The highest BCUT2D eigenvalue weighted by molar-refractivity contribution is 5.24. The normalized spacial score (nSPS) is 13.0. The molecule has 0 saturated carbocycles. The van der Waals surface area contributed by atoms with Crippen LogP contribution in [0.1, 0.15) is 40.5 Å². The summed E-state index contributed by atoms with van der Waals surface area (Å²) in [4.78, 5) is 5.06. The molecule has 0 aliphatic carbocycles. The zero-order valence-electron chi connectivity index (χ0n) is 12.1. The second-order valence-electron chi connectivity index (χ2n) is 5.29. The van der Waals surface area contributed by atoms with E-state index >= 15 is 0 Å². The monoisotopic (exact) mass is 253 g/mol. The van der Waals surface area contributed by atoms with Gasteiger partial charge in [0.2, 0.25) is 0 Å². The van der Waals surface area contributed by atoms with Crippen molar-refractivity contribution in [1.82, 2.24) is 5.23 Å². The highest BCUT2D eigenvalue weighted by Crippen LogP contribution is 2.24. The van der Waals surface area contributed by atoms with Crippen molar-refractivity contribution in [3.63, 3.8) is 0 Å². The Labute approximate surface area is 111 Å². The first-order valence-electron chi connectivity index (χ1n) is 6.50. The maximum absolute atomic E-state index is 9.28. The quantitative estimate of drug-likeness (QED) is 0.521. The minimum absolute atomic E-state index is 0.100. The third-order valence-electron chi connectivity index (χ3n) is 2.53. The van der Waals surface area contributed by atoms with Gasteiger partial charge in [-0.25, -0.2) is 0 Å². The van der Waals surface area contributed by atoms with Crippen molar-refractivity contribution in [3.8, 4) is 0 Å². The maximum Gasteiger partial charge on any atom is 0.0896 e. The summed E-state index contributed by atoms with van der Waals surface area (Å²) in [6.07, 6.45) is 9.63. The van der Waals surface area contributed by atoms with Crippen molar-refractivity contribution in [2.75, 3.05) is 13.2 Å². The predicted molar refractivity (Wildman–Crippen MR) is 76.2 cm³/mol. The summed E-state index contributed by atoms with van der Waals surface area (Å²) in [6.45, 7) is 13.4. The Morgan fingerprint density at radius 2 is 2.00 bits per heavy atom. The van der Waals surface area contributed by atoms with Crippen molar-refractivity contribution in [2.45, 2.75) is 40.5 Å². The van der Waals surface area contributed by atoms with Crippen molar-refractivity contribution in [2.24, 2.45) is 5.41 Å². The molecule has 18 heavy (non-hydrogen) atoms. The molecular weight excluding hydrogens is 226 g/mol. The molecule has 0 unspecified atom stereocenters. The third-order valence-corrected chi connectivity index (χ3v) is 2.53. The van der Waals surface area contributed by atoms with Crippen LogP contribution in [0.3, 0.4) is 0 Å². The maximum atomic E-state index is 9.28. The number of rotatable bonds is 8. The molecular formula is C15H27NO2. The lowest BCUT2D eigenvalue weighted by atomic mass is 9.87. The first-order valence-corrected chi connectivity index (χ1v) is 6.50. The van der Waals surface area contributed by atoms with Crippen LogP contribution in [0.4, 0.5) is 0 Å². The summed E-state index contributed by atoms with van der Waals surface area (Å²) in [5, 5.41) is 10.2. The fraction of sp³-hybridized carbons (Fsp3) is 0.600. The van der Waals surface area contributed by atoms with E-state index < -0.39 is 0 Å². The summed E-state index contributed by atoms with van der Waals surface area (Å²) in [7, 11) is 0. The van der Waals surface area contributed by atoms with Crippen LogP contribution in [-0.4, -0.2) is 23.6 Å². The molecule has 0 bridgehead atoms. The van der Waals surface area contributed by atoms with Gasteiger partial charge in [0.15, 0.2) is 0 Å². The highest BCUT2D eigenvalue weighted by Gasteiger charge is 2.11. The number of allylic oxidation sites excluding steroid dienone is 4. The summed E-state index contributed by atoms with van der Waals surface area (Å²) in [5.41, 5.74) is 1.18. The largest absolute Gasteiger partial charge is 0.290 e. The molecule has 1 N–H and O–H groups in total. The molecule has 0 aliphatic heterocycles. The number of unbranched alkanes of at least 4 members (excludes halogenated alkanes) is 1. The smallest absolute Gasteiger partial charge is 0.0896 e. The third kappa shape index (κ3) is 9.16. The lowest BCUT2D eigenvalue weighted by Crippen LogP contribution is -2.20. The summed E-state index contributed by atoms with van der Waals surface area (Å²) < 4.78 is 0. The second kappa shape index (κ2) is 9.09. The standard InChI is InChI=1S/C15H27NO2/c1-6-7-12-16(17)18-13-10-8-9-11-14(2)15(3,4)5/h8-11,17H,2,6-7,12-13H2,1,3-5H3/b10-8-,11-9-. The fourth-order valence-electron chi connectivity index (χ4n) is 1.04. The Balaban J connectivity index is 3.78. The first-order chi connectivity index (χ1) is 8.38. The van der Waals surface area contributed by atoms with Crippen molar-refractivity contribution >= 4 is 0 Å². The molecule has 0 atom stereocenters. The Hall–Kier alpha value is -0.900. The van der Waals surface area contributed by atoms with Crippen LogP contribution in [0.5, 0.6) is 0 Å². The van der Waals surface area contributed by atoms with E-state index in [0.29, 0.717) is 13.2 Å². The lowest BCUT2D eigenvalue weighted by Gasteiger charge is -2.18. The van der Waals surface area contributed by atoms with E-state index in [0.717, 1.165) is 23.6 Å². The highest BCUT2D eigenvalue weighted by atomic mass is 16.9. The molecule has 0 aliphatic rings. The fourth-order valence-corrected chi connectivity index (χ4v) is 1.04. The van der Waals surface area contributed by atoms with E-state index in [1.54, 1.807) is 0 Å². The minimum atomic E-state index is 0.100. The summed E-state index contributed by atoms with van der Waals surface area (Å²) >= 11 is 0. The Morgan fingerprint density at radius 3 is 2.56 bits per heavy atom. The van der Waals surface area contributed by atoms with E-state index in [4.69, 9.17) is 4.84 Å². The van der Waals surface area contributed by atoms with Gasteiger partial charge in [-0.2, -0.15) is 0 Å². The average molecular weight is 253 g/mol. The number of nitrogens with zero attached hydrogens (tertiary/aromatic N) is 1. The van der Waals surface area contributed by atoms with Gasteiger partial charge in [0, 0.05) is 0 Å². The van der Waals surface area contributed by atoms with E-state index in [-0.39, 0.29) is 5.41 Å². The molecule has 0 saturated heterocycles. The van der Waals surface area contributed by atoms with E-state index in [1.165, 1.54) is 0 Å². The molecule has 3 heteroatoms. The van der Waals surface area contributed by atoms with Crippen LogP contribution in [0.25, 0.3) is 0 Å². The first kappa shape index (κ1) is 17.1. The lowest BCUT2D eigenvalue weighted by molar-refractivity contribution is -0.334. The minimum Gasteiger partial charge on any atom is -0.290 e.